The van der Waals surface area contributed by atoms with E-state index in [1.807, 2.05) is 36.1 Å². The molecular weight excluding hydrogens is 378 g/mol. The minimum atomic E-state index is -0.232. The number of pyridine rings is 1. The van der Waals surface area contributed by atoms with Crippen LogP contribution >= 0.6 is 11.8 Å². The number of nitriles is 1. The van der Waals surface area contributed by atoms with Crippen molar-refractivity contribution in [3.63, 3.8) is 0 Å². The highest BCUT2D eigenvalue weighted by atomic mass is 32.2. The zero-order chi connectivity index (χ0) is 20.2. The molecule has 150 valence electrons. The molecule has 1 amide bonds. The van der Waals surface area contributed by atoms with Crippen molar-refractivity contribution in [1.82, 2.24) is 4.98 Å². The summed E-state index contributed by atoms with van der Waals surface area (Å²) in [5, 5.41) is 10.2. The Morgan fingerprint density at radius 3 is 2.79 bits per heavy atom. The van der Waals surface area contributed by atoms with Crippen molar-refractivity contribution < 1.29 is 4.79 Å². The van der Waals surface area contributed by atoms with Gasteiger partial charge in [0.1, 0.15) is 11.1 Å². The van der Waals surface area contributed by atoms with Crippen LogP contribution in [-0.2, 0) is 24.1 Å². The van der Waals surface area contributed by atoms with E-state index in [0.717, 1.165) is 61.5 Å². The molecule has 2 heterocycles. The van der Waals surface area contributed by atoms with Gasteiger partial charge in [0.2, 0.25) is 5.91 Å². The van der Waals surface area contributed by atoms with Gasteiger partial charge in [-0.1, -0.05) is 43.3 Å². The van der Waals surface area contributed by atoms with E-state index in [2.05, 4.69) is 12.1 Å². The van der Waals surface area contributed by atoms with Crippen LogP contribution in [0.3, 0.4) is 0 Å². The molecule has 0 saturated heterocycles. The van der Waals surface area contributed by atoms with Crippen LogP contribution in [0.15, 0.2) is 35.4 Å². The Bertz CT molecular complexity index is 950. The second kappa shape index (κ2) is 9.00. The number of aromatic nitrogens is 1. The monoisotopic (exact) mass is 405 g/mol. The lowest BCUT2D eigenvalue weighted by atomic mass is 10.0. The number of thioether (sulfide) groups is 1. The standard InChI is InChI=1S/C24H27N3OS/c1-2-22(24(28)27-14-8-11-17-9-6-7-13-21(17)27)29-23-19(16-25)15-18-10-4-3-5-12-20(18)26-23/h6-7,9,13,15,22H,2-5,8,10-12,14H2,1H3. The molecule has 0 fully saturated rings. The zero-order valence-corrected chi connectivity index (χ0v) is 17.8. The molecule has 0 bridgehead atoms. The first-order chi connectivity index (χ1) is 14.2. The van der Waals surface area contributed by atoms with Gasteiger partial charge in [-0.2, -0.15) is 5.26 Å². The Morgan fingerprint density at radius 1 is 1.17 bits per heavy atom. The highest BCUT2D eigenvalue weighted by Gasteiger charge is 2.29. The number of fused-ring (bicyclic) bond motifs is 2. The summed E-state index contributed by atoms with van der Waals surface area (Å²) >= 11 is 1.47. The van der Waals surface area contributed by atoms with Crippen LogP contribution in [0.25, 0.3) is 0 Å². The number of anilines is 1. The van der Waals surface area contributed by atoms with Crippen molar-refractivity contribution in [3.8, 4) is 6.07 Å². The molecule has 0 spiro atoms. The van der Waals surface area contributed by atoms with Crippen LogP contribution in [0.2, 0.25) is 0 Å². The second-order valence-electron chi connectivity index (χ2n) is 7.86. The Labute approximate surface area is 177 Å². The normalized spacial score (nSPS) is 16.9. The third kappa shape index (κ3) is 4.18. The van der Waals surface area contributed by atoms with Gasteiger partial charge in [-0.05, 0) is 68.2 Å². The maximum Gasteiger partial charge on any atom is 0.240 e. The van der Waals surface area contributed by atoms with E-state index in [-0.39, 0.29) is 11.2 Å². The first kappa shape index (κ1) is 20.0. The van der Waals surface area contributed by atoms with Crippen molar-refractivity contribution in [2.45, 2.75) is 68.6 Å². The van der Waals surface area contributed by atoms with Gasteiger partial charge < -0.3 is 4.90 Å². The summed E-state index contributed by atoms with van der Waals surface area (Å²) < 4.78 is 0. The number of carbonyl (C=O) groups is 1. The minimum absolute atomic E-state index is 0.130. The molecule has 0 radical (unpaired) electrons. The highest BCUT2D eigenvalue weighted by Crippen LogP contribution is 2.34. The van der Waals surface area contributed by atoms with E-state index in [1.165, 1.54) is 29.3 Å². The van der Waals surface area contributed by atoms with Gasteiger partial charge in [0.05, 0.1) is 10.8 Å². The maximum atomic E-state index is 13.4. The number of hydrogen-bond acceptors (Lipinski definition) is 4. The smallest absolute Gasteiger partial charge is 0.240 e. The maximum absolute atomic E-state index is 13.4. The molecule has 29 heavy (non-hydrogen) atoms. The van der Waals surface area contributed by atoms with Crippen molar-refractivity contribution >= 4 is 23.4 Å². The summed E-state index contributed by atoms with van der Waals surface area (Å²) in [4.78, 5) is 20.2. The van der Waals surface area contributed by atoms with Crippen LogP contribution in [0.1, 0.15) is 61.4 Å². The SMILES string of the molecule is CCC(Sc1nc2c(cc1C#N)CCCCC2)C(=O)N1CCCc2ccccc21. The molecule has 4 rings (SSSR count). The van der Waals surface area contributed by atoms with Gasteiger partial charge in [-0.15, -0.1) is 0 Å². The molecule has 1 atom stereocenters. The van der Waals surface area contributed by atoms with Crippen LogP contribution in [0.5, 0.6) is 0 Å². The van der Waals surface area contributed by atoms with E-state index in [0.29, 0.717) is 12.0 Å². The number of benzene rings is 1. The van der Waals surface area contributed by atoms with Crippen LogP contribution in [-0.4, -0.2) is 22.7 Å². The molecule has 2 aromatic rings. The zero-order valence-electron chi connectivity index (χ0n) is 17.0. The molecule has 1 aliphatic heterocycles. The fourth-order valence-corrected chi connectivity index (χ4v) is 5.40. The summed E-state index contributed by atoms with van der Waals surface area (Å²) in [7, 11) is 0. The summed E-state index contributed by atoms with van der Waals surface area (Å²) in [5.41, 5.74) is 5.23. The molecule has 1 aliphatic carbocycles. The van der Waals surface area contributed by atoms with Gasteiger partial charge >= 0.3 is 0 Å². The minimum Gasteiger partial charge on any atom is -0.311 e. The fourth-order valence-electron chi connectivity index (χ4n) is 4.34. The average molecular weight is 406 g/mol. The molecule has 0 N–H and O–H groups in total. The number of para-hydroxylation sites is 1. The van der Waals surface area contributed by atoms with E-state index in [4.69, 9.17) is 4.98 Å². The number of aryl methyl sites for hydroxylation is 3. The van der Waals surface area contributed by atoms with Crippen molar-refractivity contribution in [1.29, 1.82) is 5.26 Å². The average Bonchev–Trinajstić information content (AvgIpc) is 3.00. The first-order valence-corrected chi connectivity index (χ1v) is 11.6. The van der Waals surface area contributed by atoms with E-state index < -0.39 is 0 Å². The molecule has 1 aromatic heterocycles. The first-order valence-electron chi connectivity index (χ1n) is 10.7. The predicted octanol–water partition coefficient (Wildman–Crippen LogP) is 5.07. The summed E-state index contributed by atoms with van der Waals surface area (Å²) in [6, 6.07) is 12.5. The van der Waals surface area contributed by atoms with Gasteiger partial charge in [0, 0.05) is 17.9 Å². The molecule has 4 nitrogen and oxygen atoms in total. The molecule has 5 heteroatoms. The topological polar surface area (TPSA) is 57.0 Å². The van der Waals surface area contributed by atoms with Crippen LogP contribution < -0.4 is 4.90 Å². The molecule has 0 saturated carbocycles. The third-order valence-electron chi connectivity index (χ3n) is 5.91. The largest absolute Gasteiger partial charge is 0.311 e. The number of amides is 1. The lowest BCUT2D eigenvalue weighted by Crippen LogP contribution is -2.41. The van der Waals surface area contributed by atoms with Crippen molar-refractivity contribution in [2.24, 2.45) is 0 Å². The molecule has 1 aromatic carbocycles. The van der Waals surface area contributed by atoms with Crippen LogP contribution in [0, 0.1) is 11.3 Å². The highest BCUT2D eigenvalue weighted by molar-refractivity contribution is 8.00. The Morgan fingerprint density at radius 2 is 1.97 bits per heavy atom. The van der Waals surface area contributed by atoms with E-state index >= 15 is 0 Å². The second-order valence-corrected chi connectivity index (χ2v) is 9.05. The quantitative estimate of drug-likeness (QED) is 0.526. The van der Waals surface area contributed by atoms with E-state index in [9.17, 15) is 10.1 Å². The number of rotatable bonds is 4. The lowest BCUT2D eigenvalue weighted by Gasteiger charge is -2.32. The molecule has 1 unspecified atom stereocenters. The molecular formula is C24H27N3OS. The summed E-state index contributed by atoms with van der Waals surface area (Å²) in [6.07, 6.45) is 8.23. The van der Waals surface area contributed by atoms with Crippen molar-refractivity contribution in [2.75, 3.05) is 11.4 Å². The fraction of sp³-hybridized carbons (Fsp3) is 0.458. The van der Waals surface area contributed by atoms with Crippen LogP contribution in [0.4, 0.5) is 5.69 Å². The lowest BCUT2D eigenvalue weighted by molar-refractivity contribution is -0.118. The van der Waals surface area contributed by atoms with Gasteiger partial charge in [0.25, 0.3) is 0 Å². The summed E-state index contributed by atoms with van der Waals surface area (Å²) in [5.74, 6) is 0.130. The van der Waals surface area contributed by atoms with Gasteiger partial charge in [-0.25, -0.2) is 4.98 Å². The van der Waals surface area contributed by atoms with Gasteiger partial charge in [-0.3, -0.25) is 4.79 Å². The Kier molecular flexibility index (Phi) is 6.20. The third-order valence-corrected chi connectivity index (χ3v) is 7.27. The number of hydrogen-bond donors (Lipinski definition) is 0. The molecule has 2 aliphatic rings. The number of carbonyl (C=O) groups excluding carboxylic acids is 1. The van der Waals surface area contributed by atoms with Gasteiger partial charge in [0.15, 0.2) is 0 Å². The number of nitrogens with zero attached hydrogens (tertiary/aromatic N) is 3. The van der Waals surface area contributed by atoms with Crippen molar-refractivity contribution in [3.05, 3.63) is 52.7 Å². The predicted molar refractivity (Wildman–Crippen MR) is 117 cm³/mol. The Hall–Kier alpha value is -2.32. The summed E-state index contributed by atoms with van der Waals surface area (Å²) in [6.45, 7) is 2.80. The Balaban J connectivity index is 1.61. The van der Waals surface area contributed by atoms with E-state index in [1.54, 1.807) is 0 Å².